The molecule has 12 heavy (non-hydrogen) atoms. The molecule has 68 valence electrons. The van der Waals surface area contributed by atoms with Crippen molar-refractivity contribution in [2.45, 2.75) is 24.5 Å². The summed E-state index contributed by atoms with van der Waals surface area (Å²) >= 11 is 0. The van der Waals surface area contributed by atoms with Crippen LogP contribution in [-0.2, 0) is 9.47 Å². The van der Waals surface area contributed by atoms with Crippen LogP contribution in [0.4, 0.5) is 0 Å². The largest absolute Gasteiger partial charge is 0.454 e. The van der Waals surface area contributed by atoms with Crippen molar-refractivity contribution in [2.24, 2.45) is 10.7 Å². The molecule has 6 heteroatoms. The predicted octanol–water partition coefficient (Wildman–Crippen LogP) is -2.22. The number of amidine groups is 1. The Balaban J connectivity index is 2.10. The lowest BCUT2D eigenvalue weighted by Crippen LogP contribution is -2.35. The first-order valence-electron chi connectivity index (χ1n) is 3.66. The molecule has 0 amide bonds. The fraction of sp³-hybridized carbons (Fsp3) is 0.833. The summed E-state index contributed by atoms with van der Waals surface area (Å²) < 4.78 is 10.1. The van der Waals surface area contributed by atoms with E-state index in [1.165, 1.54) is 0 Å². The summed E-state index contributed by atoms with van der Waals surface area (Å²) in [5, 5.41) is 18.2. The Labute approximate surface area is 68.6 Å². The number of hydrogen-bond donors (Lipinski definition) is 3. The molecular weight excluding hydrogens is 164 g/mol. The highest BCUT2D eigenvalue weighted by Crippen LogP contribution is 2.28. The lowest BCUT2D eigenvalue weighted by Gasteiger charge is -2.13. The fourth-order valence-electron chi connectivity index (χ4n) is 1.40. The highest BCUT2D eigenvalue weighted by atomic mass is 16.6. The number of nitrogens with two attached hydrogens (primary N) is 1. The summed E-state index contributed by atoms with van der Waals surface area (Å²) in [7, 11) is 0. The highest BCUT2D eigenvalue weighted by molar-refractivity contribution is 5.73. The molecule has 4 atom stereocenters. The smallest absolute Gasteiger partial charge is 0.285 e. The quantitative estimate of drug-likeness (QED) is 0.418. The topological polar surface area (TPSA) is 97.3 Å². The molecule has 0 bridgehead atoms. The summed E-state index contributed by atoms with van der Waals surface area (Å²) in [6, 6.07) is 0.0282. The number of nitrogens with zero attached hydrogens (tertiary/aromatic N) is 1. The molecule has 1 fully saturated rings. The zero-order chi connectivity index (χ0) is 8.72. The molecule has 4 N–H and O–H groups in total. The molecule has 0 aromatic heterocycles. The van der Waals surface area contributed by atoms with Gasteiger partial charge >= 0.3 is 0 Å². The third-order valence-electron chi connectivity index (χ3n) is 2.00. The van der Waals surface area contributed by atoms with Crippen LogP contribution in [0.25, 0.3) is 0 Å². The maximum Gasteiger partial charge on any atom is 0.285 e. The second-order valence-corrected chi connectivity index (χ2v) is 2.79. The molecule has 0 unspecified atom stereocenters. The average molecular weight is 174 g/mol. The normalized spacial score (nSPS) is 45.3. The Morgan fingerprint density at radius 3 is 2.92 bits per heavy atom. The van der Waals surface area contributed by atoms with E-state index in [9.17, 15) is 5.11 Å². The first kappa shape index (κ1) is 7.78. The zero-order valence-corrected chi connectivity index (χ0v) is 6.25. The second-order valence-electron chi connectivity index (χ2n) is 2.79. The number of ether oxygens (including phenoxy) is 2. The molecule has 2 aliphatic rings. The van der Waals surface area contributed by atoms with Crippen LogP contribution < -0.4 is 5.73 Å². The highest BCUT2D eigenvalue weighted by Gasteiger charge is 2.48. The van der Waals surface area contributed by atoms with Crippen LogP contribution in [-0.4, -0.2) is 47.4 Å². The van der Waals surface area contributed by atoms with Crippen LogP contribution in [0.15, 0.2) is 4.99 Å². The van der Waals surface area contributed by atoms with E-state index in [1.54, 1.807) is 0 Å². The number of aliphatic hydroxyl groups is 2. The lowest BCUT2D eigenvalue weighted by molar-refractivity contribution is -0.0206. The molecule has 0 spiro atoms. The van der Waals surface area contributed by atoms with Gasteiger partial charge in [-0.15, -0.1) is 0 Å². The van der Waals surface area contributed by atoms with Crippen molar-refractivity contribution >= 4 is 6.02 Å². The molecule has 0 aromatic rings. The maximum atomic E-state index is 9.44. The van der Waals surface area contributed by atoms with E-state index in [1.807, 2.05) is 0 Å². The summed E-state index contributed by atoms with van der Waals surface area (Å²) in [5.41, 5.74) is 5.25. The van der Waals surface area contributed by atoms with E-state index in [-0.39, 0.29) is 12.6 Å². The number of aliphatic imine (C=N–C) groups is 1. The van der Waals surface area contributed by atoms with Crippen molar-refractivity contribution in [3.8, 4) is 0 Å². The van der Waals surface area contributed by atoms with Gasteiger partial charge in [0.2, 0.25) is 0 Å². The minimum atomic E-state index is -0.857. The van der Waals surface area contributed by atoms with Crippen molar-refractivity contribution in [1.29, 1.82) is 0 Å². The number of aliphatic hydroxyl groups excluding tert-OH is 2. The molecule has 0 aliphatic carbocycles. The Kier molecular flexibility index (Phi) is 1.67. The summed E-state index contributed by atoms with van der Waals surface area (Å²) in [6.45, 7) is -0.243. The summed E-state index contributed by atoms with van der Waals surface area (Å²) in [5.74, 6) is 0. The van der Waals surface area contributed by atoms with Gasteiger partial charge in [-0.05, 0) is 0 Å². The SMILES string of the molecule is NC1=N[C@@H]2O[C@H](CO)[C@@H](O)[C@H]2O1. The van der Waals surface area contributed by atoms with Gasteiger partial charge in [-0.25, -0.2) is 0 Å². The standard InChI is InChI=1S/C6H10N2O4/c7-6-8-5-4(12-6)3(10)2(1-9)11-5/h2-5,9-10H,1H2,(H2,7,8)/t2-,3-,4-,5-/m1/s1. The molecule has 2 rings (SSSR count). The van der Waals surface area contributed by atoms with E-state index >= 15 is 0 Å². The van der Waals surface area contributed by atoms with E-state index < -0.39 is 24.5 Å². The Hall–Kier alpha value is -0.850. The van der Waals surface area contributed by atoms with Crippen LogP contribution >= 0.6 is 0 Å². The monoisotopic (exact) mass is 174 g/mol. The van der Waals surface area contributed by atoms with Gasteiger partial charge in [-0.2, -0.15) is 4.99 Å². The Morgan fingerprint density at radius 1 is 1.58 bits per heavy atom. The minimum absolute atomic E-state index is 0.0282. The van der Waals surface area contributed by atoms with Crippen molar-refractivity contribution in [3.63, 3.8) is 0 Å². The van der Waals surface area contributed by atoms with Gasteiger partial charge in [0, 0.05) is 0 Å². The minimum Gasteiger partial charge on any atom is -0.454 e. The van der Waals surface area contributed by atoms with Gasteiger partial charge in [0.1, 0.15) is 12.2 Å². The third-order valence-corrected chi connectivity index (χ3v) is 2.00. The molecule has 6 nitrogen and oxygen atoms in total. The molecule has 0 aromatic carbocycles. The van der Waals surface area contributed by atoms with Crippen LogP contribution in [0.3, 0.4) is 0 Å². The van der Waals surface area contributed by atoms with Crippen molar-refractivity contribution in [2.75, 3.05) is 6.61 Å². The summed E-state index contributed by atoms with van der Waals surface area (Å²) in [6.07, 6.45) is -2.58. The fourth-order valence-corrected chi connectivity index (χ4v) is 1.40. The number of rotatable bonds is 1. The zero-order valence-electron chi connectivity index (χ0n) is 6.25. The van der Waals surface area contributed by atoms with Gasteiger partial charge in [-0.3, -0.25) is 0 Å². The van der Waals surface area contributed by atoms with Gasteiger partial charge in [0.15, 0.2) is 12.3 Å². The van der Waals surface area contributed by atoms with Crippen molar-refractivity contribution in [1.82, 2.24) is 0 Å². The molecule has 1 saturated heterocycles. The van der Waals surface area contributed by atoms with Gasteiger partial charge < -0.3 is 25.4 Å². The average Bonchev–Trinajstić information content (AvgIpc) is 2.51. The molecule has 2 heterocycles. The first-order chi connectivity index (χ1) is 5.72. The van der Waals surface area contributed by atoms with Crippen LogP contribution in [0, 0.1) is 0 Å². The number of fused-ring (bicyclic) bond motifs is 1. The maximum absolute atomic E-state index is 9.44. The van der Waals surface area contributed by atoms with Crippen LogP contribution in [0.1, 0.15) is 0 Å². The number of hydrogen-bond acceptors (Lipinski definition) is 6. The van der Waals surface area contributed by atoms with E-state index in [4.69, 9.17) is 20.3 Å². The van der Waals surface area contributed by atoms with Crippen molar-refractivity contribution < 1.29 is 19.7 Å². The van der Waals surface area contributed by atoms with Gasteiger partial charge in [0.25, 0.3) is 6.02 Å². The van der Waals surface area contributed by atoms with E-state index in [0.29, 0.717) is 0 Å². The van der Waals surface area contributed by atoms with Crippen molar-refractivity contribution in [3.05, 3.63) is 0 Å². The van der Waals surface area contributed by atoms with Crippen LogP contribution in [0.5, 0.6) is 0 Å². The van der Waals surface area contributed by atoms with E-state index in [0.717, 1.165) is 0 Å². The third kappa shape index (κ3) is 0.961. The molecule has 0 radical (unpaired) electrons. The van der Waals surface area contributed by atoms with Gasteiger partial charge in [0.05, 0.1) is 6.61 Å². The van der Waals surface area contributed by atoms with E-state index in [2.05, 4.69) is 4.99 Å². The second kappa shape index (κ2) is 2.58. The lowest BCUT2D eigenvalue weighted by atomic mass is 10.1. The Bertz CT molecular complexity index is 220. The molecule has 0 saturated carbocycles. The Morgan fingerprint density at radius 2 is 2.33 bits per heavy atom. The van der Waals surface area contributed by atoms with Crippen LogP contribution in [0.2, 0.25) is 0 Å². The van der Waals surface area contributed by atoms with Gasteiger partial charge in [-0.1, -0.05) is 0 Å². The first-order valence-corrected chi connectivity index (χ1v) is 3.66. The molecular formula is C6H10N2O4. The predicted molar refractivity (Wildman–Crippen MR) is 38.2 cm³/mol. The summed E-state index contributed by atoms with van der Waals surface area (Å²) in [4.78, 5) is 3.78. The molecule has 2 aliphatic heterocycles.